The molecule has 0 bridgehead atoms. The molecule has 218 valence electrons. The maximum absolute atomic E-state index is 13.3. The summed E-state index contributed by atoms with van der Waals surface area (Å²) in [5.41, 5.74) is 0. The van der Waals surface area contributed by atoms with Gasteiger partial charge in [0, 0.05) is 0 Å². The SMILES string of the molecule is C[Si](OCC(F)(F)C(F)F)(OCC(F)(F)C(F)F)[Si](C)(OCC(F)(F)C(F)F)OCC(F)(F)C(F)F. The third kappa shape index (κ3) is 9.47. The van der Waals surface area contributed by atoms with Gasteiger partial charge in [0.1, 0.15) is 26.4 Å². The summed E-state index contributed by atoms with van der Waals surface area (Å²) in [4.78, 5) is 0. The van der Waals surface area contributed by atoms with E-state index in [0.29, 0.717) is 0 Å². The minimum absolute atomic E-state index is 0.198. The van der Waals surface area contributed by atoms with Crippen molar-refractivity contribution in [3.05, 3.63) is 0 Å². The summed E-state index contributed by atoms with van der Waals surface area (Å²) < 4.78 is 224. The Morgan fingerprint density at radius 3 is 0.667 bits per heavy atom. The third-order valence-electron chi connectivity index (χ3n) is 4.26. The molecule has 36 heavy (non-hydrogen) atoms. The summed E-state index contributed by atoms with van der Waals surface area (Å²) in [7, 11) is -11.3. The largest absolute Gasteiger partial charge is 0.387 e. The normalized spacial score (nSPS) is 15.2. The fourth-order valence-electron chi connectivity index (χ4n) is 1.80. The van der Waals surface area contributed by atoms with Crippen LogP contribution in [0.3, 0.4) is 0 Å². The molecule has 0 fully saturated rings. The topological polar surface area (TPSA) is 36.9 Å². The molecule has 0 aromatic heterocycles. The van der Waals surface area contributed by atoms with Gasteiger partial charge in [0.2, 0.25) is 0 Å². The van der Waals surface area contributed by atoms with Crippen LogP contribution in [-0.4, -0.2) is 92.0 Å². The van der Waals surface area contributed by atoms with E-state index in [1.807, 2.05) is 0 Å². The van der Waals surface area contributed by atoms with Crippen molar-refractivity contribution in [3.63, 3.8) is 0 Å². The average Bonchev–Trinajstić information content (AvgIpc) is 2.73. The first-order valence-electron chi connectivity index (χ1n) is 9.05. The summed E-state index contributed by atoms with van der Waals surface area (Å²) in [6.45, 7) is -9.77. The van der Waals surface area contributed by atoms with Gasteiger partial charge in [-0.15, -0.1) is 0 Å². The Hall–Kier alpha value is -0.846. The maximum atomic E-state index is 13.3. The van der Waals surface area contributed by atoms with Crippen LogP contribution in [0.15, 0.2) is 0 Å². The smallest absolute Gasteiger partial charge is 0.381 e. The highest BCUT2D eigenvalue weighted by Crippen LogP contribution is 2.35. The molecule has 0 saturated heterocycles. The van der Waals surface area contributed by atoms with Gasteiger partial charge in [-0.1, -0.05) is 0 Å². The van der Waals surface area contributed by atoms with Crippen LogP contribution >= 0.6 is 0 Å². The third-order valence-corrected chi connectivity index (χ3v) is 15.4. The van der Waals surface area contributed by atoms with Gasteiger partial charge in [-0.05, 0) is 13.1 Å². The van der Waals surface area contributed by atoms with Crippen molar-refractivity contribution in [3.8, 4) is 0 Å². The van der Waals surface area contributed by atoms with Crippen molar-refractivity contribution in [1.82, 2.24) is 0 Å². The zero-order valence-corrected chi connectivity index (χ0v) is 19.8. The lowest BCUT2D eigenvalue weighted by Crippen LogP contribution is -2.70. The molecule has 0 spiro atoms. The van der Waals surface area contributed by atoms with E-state index in [0.717, 1.165) is 0 Å². The van der Waals surface area contributed by atoms with Crippen LogP contribution in [-0.2, 0) is 17.7 Å². The second kappa shape index (κ2) is 12.3. The van der Waals surface area contributed by atoms with Gasteiger partial charge < -0.3 is 17.7 Å². The van der Waals surface area contributed by atoms with Crippen molar-refractivity contribution in [1.29, 1.82) is 0 Å². The second-order valence-electron chi connectivity index (χ2n) is 7.29. The molecule has 22 heteroatoms. The quantitative estimate of drug-likeness (QED) is 0.153. The molecule has 0 aliphatic carbocycles. The van der Waals surface area contributed by atoms with Crippen LogP contribution in [0.4, 0.5) is 70.2 Å². The standard InChI is InChI=1S/C14H18F16O4Si2/c1-35(31-3-11(23,24)7(15)16,32-4-12(25,26)8(17)18)36(2,33-5-13(27,28)9(19)20)34-6-14(29,30)10(21)22/h7-10H,3-6H2,1-2H3. The monoisotopic (exact) mass is 610 g/mol. The van der Waals surface area contributed by atoms with Gasteiger partial charge in [-0.3, -0.25) is 0 Å². The highest BCUT2D eigenvalue weighted by Gasteiger charge is 2.64. The highest BCUT2D eigenvalue weighted by molar-refractivity contribution is 7.31. The van der Waals surface area contributed by atoms with E-state index in [2.05, 4.69) is 17.7 Å². The van der Waals surface area contributed by atoms with Gasteiger partial charge in [0.25, 0.3) is 0 Å². The van der Waals surface area contributed by atoms with Crippen molar-refractivity contribution in [2.24, 2.45) is 0 Å². The minimum atomic E-state index is -5.67. The van der Waals surface area contributed by atoms with E-state index in [1.165, 1.54) is 0 Å². The molecule has 0 unspecified atom stereocenters. The first-order chi connectivity index (χ1) is 15.9. The van der Waals surface area contributed by atoms with Gasteiger partial charge in [-0.2, -0.15) is 35.1 Å². The van der Waals surface area contributed by atoms with E-state index in [4.69, 9.17) is 0 Å². The zero-order valence-electron chi connectivity index (χ0n) is 17.8. The molecule has 4 nitrogen and oxygen atoms in total. The van der Waals surface area contributed by atoms with E-state index in [-0.39, 0.29) is 13.1 Å². The number of rotatable bonds is 17. The fourth-order valence-corrected chi connectivity index (χ4v) is 8.89. The van der Waals surface area contributed by atoms with Crippen molar-refractivity contribution in [2.75, 3.05) is 26.4 Å². The van der Waals surface area contributed by atoms with Crippen LogP contribution in [0, 0.1) is 0 Å². The summed E-state index contributed by atoms with van der Waals surface area (Å²) in [5.74, 6) is -20.7. The first-order valence-corrected chi connectivity index (χ1v) is 14.7. The molecule has 0 atom stereocenters. The maximum Gasteiger partial charge on any atom is 0.381 e. The van der Waals surface area contributed by atoms with E-state index >= 15 is 0 Å². The molecule has 0 saturated carbocycles. The Morgan fingerprint density at radius 2 is 0.556 bits per heavy atom. The predicted molar refractivity (Wildman–Crippen MR) is 90.8 cm³/mol. The number of hydrogen-bond donors (Lipinski definition) is 0. The molecule has 0 aliphatic rings. The Morgan fingerprint density at radius 1 is 0.417 bits per heavy atom. The van der Waals surface area contributed by atoms with E-state index in [9.17, 15) is 70.2 Å². The second-order valence-corrected chi connectivity index (χ2v) is 17.7. The summed E-state index contributed by atoms with van der Waals surface area (Å²) in [6, 6.07) is 0. The molecule has 0 rings (SSSR count). The Kier molecular flexibility index (Phi) is 12.1. The molecule has 0 amide bonds. The zero-order chi connectivity index (χ0) is 29.0. The van der Waals surface area contributed by atoms with Crippen molar-refractivity contribution < 1.29 is 88.0 Å². The molecule has 0 N–H and O–H groups in total. The van der Waals surface area contributed by atoms with Crippen LogP contribution in [0.1, 0.15) is 0 Å². The lowest BCUT2D eigenvalue weighted by atomic mass is 10.4. The minimum Gasteiger partial charge on any atom is -0.387 e. The fraction of sp³-hybridized carbons (Fsp3) is 1.00. The lowest BCUT2D eigenvalue weighted by molar-refractivity contribution is -0.169. The summed E-state index contributed by atoms with van der Waals surface area (Å²) in [6.07, 6.45) is -18.2. The highest BCUT2D eigenvalue weighted by atomic mass is 29.3. The Labute approximate surface area is 194 Å². The average molecular weight is 610 g/mol. The van der Waals surface area contributed by atoms with Crippen LogP contribution < -0.4 is 0 Å². The van der Waals surface area contributed by atoms with Gasteiger partial charge >= 0.3 is 65.5 Å². The number of hydrogen-bond acceptors (Lipinski definition) is 4. The molecule has 0 aromatic rings. The Balaban J connectivity index is 6.45. The number of halogens is 16. The Bertz CT molecular complexity index is 577. The summed E-state index contributed by atoms with van der Waals surface area (Å²) in [5, 5.41) is 0. The van der Waals surface area contributed by atoms with Crippen LogP contribution in [0.2, 0.25) is 13.1 Å². The van der Waals surface area contributed by atoms with Gasteiger partial charge in [-0.25, -0.2) is 35.1 Å². The van der Waals surface area contributed by atoms with Gasteiger partial charge in [0.15, 0.2) is 0 Å². The molecule has 0 aromatic carbocycles. The summed E-state index contributed by atoms with van der Waals surface area (Å²) >= 11 is 0. The van der Waals surface area contributed by atoms with Gasteiger partial charge in [0.05, 0.1) is 0 Å². The molecular weight excluding hydrogens is 592 g/mol. The van der Waals surface area contributed by atoms with Crippen molar-refractivity contribution >= 4 is 16.2 Å². The number of alkyl halides is 16. The molecule has 0 radical (unpaired) electrons. The van der Waals surface area contributed by atoms with Crippen LogP contribution in [0.25, 0.3) is 0 Å². The molecule has 0 heterocycles. The van der Waals surface area contributed by atoms with Crippen molar-refractivity contribution in [2.45, 2.75) is 62.5 Å². The van der Waals surface area contributed by atoms with E-state index < -0.39 is 92.0 Å². The predicted octanol–water partition coefficient (Wildman–Crippen LogP) is 5.88. The first kappa shape index (κ1) is 35.2. The lowest BCUT2D eigenvalue weighted by Gasteiger charge is -2.41. The molecular formula is C14H18F16O4Si2. The van der Waals surface area contributed by atoms with E-state index in [1.54, 1.807) is 0 Å². The van der Waals surface area contributed by atoms with Crippen LogP contribution in [0.5, 0.6) is 0 Å². The molecule has 0 aliphatic heterocycles.